The molecule has 0 spiro atoms. The SMILES string of the molecule is C=C(N)N=CC(=CN)CC1=CC=C(C#N)CC1. The number of hydrogen-bond acceptors (Lipinski definition) is 4. The van der Waals surface area contributed by atoms with Gasteiger partial charge < -0.3 is 11.5 Å². The van der Waals surface area contributed by atoms with E-state index in [-0.39, 0.29) is 5.82 Å². The number of aliphatic imine (C=N–C) groups is 1. The van der Waals surface area contributed by atoms with Crippen LogP contribution in [0.3, 0.4) is 0 Å². The molecule has 1 rings (SSSR count). The summed E-state index contributed by atoms with van der Waals surface area (Å²) in [6, 6.07) is 2.15. The Morgan fingerprint density at radius 3 is 2.76 bits per heavy atom. The number of nitrogens with two attached hydrogens (primary N) is 2. The summed E-state index contributed by atoms with van der Waals surface area (Å²) in [7, 11) is 0. The fourth-order valence-corrected chi connectivity index (χ4v) is 1.50. The number of rotatable bonds is 4. The summed E-state index contributed by atoms with van der Waals surface area (Å²) in [5, 5.41) is 8.73. The zero-order valence-electron chi connectivity index (χ0n) is 9.69. The molecule has 0 aliphatic heterocycles. The van der Waals surface area contributed by atoms with E-state index in [1.54, 1.807) is 6.21 Å². The van der Waals surface area contributed by atoms with Gasteiger partial charge in [0, 0.05) is 11.8 Å². The molecule has 88 valence electrons. The van der Waals surface area contributed by atoms with E-state index in [1.165, 1.54) is 11.8 Å². The molecule has 1 aliphatic rings. The molecule has 17 heavy (non-hydrogen) atoms. The lowest BCUT2D eigenvalue weighted by Crippen LogP contribution is -1.99. The molecule has 0 bridgehead atoms. The maximum Gasteiger partial charge on any atom is 0.116 e. The smallest absolute Gasteiger partial charge is 0.116 e. The normalized spacial score (nSPS) is 16.3. The highest BCUT2D eigenvalue weighted by atomic mass is 14.9. The first-order chi connectivity index (χ1) is 8.15. The third-order valence-electron chi connectivity index (χ3n) is 2.42. The minimum atomic E-state index is 0.258. The van der Waals surface area contributed by atoms with Gasteiger partial charge in [0.25, 0.3) is 0 Å². The predicted molar refractivity (Wildman–Crippen MR) is 69.7 cm³/mol. The second-order valence-corrected chi connectivity index (χ2v) is 3.80. The van der Waals surface area contributed by atoms with Gasteiger partial charge >= 0.3 is 0 Å². The predicted octanol–water partition coefficient (Wildman–Crippen LogP) is 1.89. The van der Waals surface area contributed by atoms with Crippen LogP contribution in [0, 0.1) is 11.3 Å². The molecule has 0 saturated carbocycles. The summed E-state index contributed by atoms with van der Waals surface area (Å²) in [6.07, 6.45) is 9.35. The summed E-state index contributed by atoms with van der Waals surface area (Å²) in [5.74, 6) is 0.258. The summed E-state index contributed by atoms with van der Waals surface area (Å²) < 4.78 is 0. The standard InChI is InChI=1S/C13H16N4/c1-10(16)17-9-13(8-15)6-11-2-4-12(7-14)5-3-11/h2,4,8-9H,1,3,5-6,15-16H2. The van der Waals surface area contributed by atoms with Gasteiger partial charge in [0.05, 0.1) is 6.07 Å². The van der Waals surface area contributed by atoms with Crippen LogP contribution in [-0.4, -0.2) is 6.21 Å². The number of nitrogens with zero attached hydrogens (tertiary/aromatic N) is 2. The van der Waals surface area contributed by atoms with Crippen LogP contribution in [-0.2, 0) is 0 Å². The van der Waals surface area contributed by atoms with Gasteiger partial charge in [-0.25, -0.2) is 4.99 Å². The Labute approximate surface area is 101 Å². The first-order valence-corrected chi connectivity index (χ1v) is 5.33. The molecule has 0 aromatic carbocycles. The molecule has 4 heteroatoms. The van der Waals surface area contributed by atoms with Gasteiger partial charge in [0.1, 0.15) is 5.82 Å². The zero-order chi connectivity index (χ0) is 12.7. The molecule has 0 radical (unpaired) electrons. The lowest BCUT2D eigenvalue weighted by atomic mass is 9.94. The monoisotopic (exact) mass is 228 g/mol. The lowest BCUT2D eigenvalue weighted by molar-refractivity contribution is 0.893. The van der Waals surface area contributed by atoms with E-state index in [0.717, 1.165) is 30.4 Å². The number of allylic oxidation sites excluding steroid dienone is 5. The largest absolute Gasteiger partial charge is 0.404 e. The van der Waals surface area contributed by atoms with Crippen molar-refractivity contribution in [3.05, 3.63) is 47.5 Å². The minimum Gasteiger partial charge on any atom is -0.404 e. The fourth-order valence-electron chi connectivity index (χ4n) is 1.50. The van der Waals surface area contributed by atoms with Gasteiger partial charge in [-0.3, -0.25) is 0 Å². The van der Waals surface area contributed by atoms with Crippen molar-refractivity contribution in [3.63, 3.8) is 0 Å². The average molecular weight is 228 g/mol. The van der Waals surface area contributed by atoms with Crippen molar-refractivity contribution in [3.8, 4) is 6.07 Å². The van der Waals surface area contributed by atoms with Crippen LogP contribution >= 0.6 is 0 Å². The van der Waals surface area contributed by atoms with Crippen molar-refractivity contribution >= 4 is 6.21 Å². The van der Waals surface area contributed by atoms with Crippen LogP contribution in [0.1, 0.15) is 19.3 Å². The lowest BCUT2D eigenvalue weighted by Gasteiger charge is -2.10. The summed E-state index contributed by atoms with van der Waals surface area (Å²) in [4.78, 5) is 3.91. The molecule has 4 nitrogen and oxygen atoms in total. The Kier molecular flexibility index (Phi) is 4.77. The Morgan fingerprint density at radius 2 is 2.29 bits per heavy atom. The Hall–Kier alpha value is -2.28. The van der Waals surface area contributed by atoms with E-state index < -0.39 is 0 Å². The third-order valence-corrected chi connectivity index (χ3v) is 2.42. The van der Waals surface area contributed by atoms with Crippen LogP contribution in [0.15, 0.2) is 52.5 Å². The maximum atomic E-state index is 8.73. The Morgan fingerprint density at radius 1 is 1.53 bits per heavy atom. The number of hydrogen-bond donors (Lipinski definition) is 2. The van der Waals surface area contributed by atoms with Gasteiger partial charge in [-0.15, -0.1) is 0 Å². The maximum absolute atomic E-state index is 8.73. The Balaban J connectivity index is 2.66. The van der Waals surface area contributed by atoms with Gasteiger partial charge in [-0.2, -0.15) is 5.26 Å². The zero-order valence-corrected chi connectivity index (χ0v) is 9.69. The van der Waals surface area contributed by atoms with Gasteiger partial charge in [-0.1, -0.05) is 18.2 Å². The summed E-state index contributed by atoms with van der Waals surface area (Å²) >= 11 is 0. The summed E-state index contributed by atoms with van der Waals surface area (Å²) in [6.45, 7) is 3.48. The van der Waals surface area contributed by atoms with Crippen molar-refractivity contribution in [2.24, 2.45) is 16.5 Å². The molecule has 0 saturated heterocycles. The topological polar surface area (TPSA) is 88.2 Å². The van der Waals surface area contributed by atoms with Gasteiger partial charge in [0.2, 0.25) is 0 Å². The first kappa shape index (κ1) is 12.8. The average Bonchev–Trinajstić information content (AvgIpc) is 2.35. The molecular formula is C13H16N4. The fraction of sp³-hybridized carbons (Fsp3) is 0.231. The molecule has 0 heterocycles. The van der Waals surface area contributed by atoms with Crippen LogP contribution in [0.25, 0.3) is 0 Å². The molecule has 0 unspecified atom stereocenters. The highest BCUT2D eigenvalue weighted by molar-refractivity contribution is 5.79. The van der Waals surface area contributed by atoms with E-state index in [4.69, 9.17) is 16.7 Å². The van der Waals surface area contributed by atoms with Crippen molar-refractivity contribution in [1.29, 1.82) is 5.26 Å². The Bertz CT molecular complexity index is 458. The molecule has 0 atom stereocenters. The molecule has 1 aliphatic carbocycles. The van der Waals surface area contributed by atoms with E-state index in [0.29, 0.717) is 0 Å². The minimum absolute atomic E-state index is 0.258. The molecule has 0 fully saturated rings. The summed E-state index contributed by atoms with van der Waals surface area (Å²) in [5.41, 5.74) is 13.8. The van der Waals surface area contributed by atoms with E-state index in [1.807, 2.05) is 12.2 Å². The van der Waals surface area contributed by atoms with Crippen molar-refractivity contribution in [1.82, 2.24) is 0 Å². The second kappa shape index (κ2) is 6.33. The van der Waals surface area contributed by atoms with Crippen molar-refractivity contribution in [2.75, 3.05) is 0 Å². The molecular weight excluding hydrogens is 212 g/mol. The van der Waals surface area contributed by atoms with Crippen LogP contribution in [0.4, 0.5) is 0 Å². The van der Waals surface area contributed by atoms with Crippen LogP contribution < -0.4 is 11.5 Å². The molecule has 0 aromatic rings. The van der Waals surface area contributed by atoms with Gasteiger partial charge in [0.15, 0.2) is 0 Å². The van der Waals surface area contributed by atoms with E-state index in [9.17, 15) is 0 Å². The molecule has 4 N–H and O–H groups in total. The second-order valence-electron chi connectivity index (χ2n) is 3.80. The third kappa shape index (κ3) is 4.39. The quantitative estimate of drug-likeness (QED) is 0.720. The van der Waals surface area contributed by atoms with E-state index >= 15 is 0 Å². The van der Waals surface area contributed by atoms with Crippen molar-refractivity contribution < 1.29 is 0 Å². The van der Waals surface area contributed by atoms with Gasteiger partial charge in [-0.05, 0) is 37.1 Å². The first-order valence-electron chi connectivity index (χ1n) is 5.33. The number of nitriles is 1. The molecule has 0 aromatic heterocycles. The molecule has 0 amide bonds. The van der Waals surface area contributed by atoms with Crippen LogP contribution in [0.2, 0.25) is 0 Å². The van der Waals surface area contributed by atoms with E-state index in [2.05, 4.69) is 17.6 Å². The highest BCUT2D eigenvalue weighted by Crippen LogP contribution is 2.22. The van der Waals surface area contributed by atoms with Crippen molar-refractivity contribution in [2.45, 2.75) is 19.3 Å². The van der Waals surface area contributed by atoms with Crippen LogP contribution in [0.5, 0.6) is 0 Å². The highest BCUT2D eigenvalue weighted by Gasteiger charge is 2.07.